The van der Waals surface area contributed by atoms with Crippen LogP contribution in [0.3, 0.4) is 0 Å². The number of carbonyl (C=O) groups is 1. The maximum absolute atomic E-state index is 12.7. The second-order valence-electron chi connectivity index (χ2n) is 8.06. The van der Waals surface area contributed by atoms with Gasteiger partial charge in [-0.05, 0) is 51.5 Å². The third-order valence-electron chi connectivity index (χ3n) is 6.13. The van der Waals surface area contributed by atoms with Crippen LogP contribution < -0.4 is 10.2 Å². The third-order valence-corrected chi connectivity index (χ3v) is 7.29. The van der Waals surface area contributed by atoms with Gasteiger partial charge in [0.25, 0.3) is 5.91 Å². The molecule has 0 radical (unpaired) electrons. The fraction of sp³-hybridized carbons (Fsp3) is 0.619. The molecule has 156 valence electrons. The van der Waals surface area contributed by atoms with E-state index in [9.17, 15) is 4.79 Å². The van der Waals surface area contributed by atoms with Crippen LogP contribution in [0.4, 0.5) is 0 Å². The SMILES string of the molecule is CC[NH+](CC)CCCNC(=O)c1nc2c3c4c(sc3nc(C)n2n1)CCC[C@@H]4C. The fourth-order valence-corrected chi connectivity index (χ4v) is 5.78. The normalized spacial score (nSPS) is 16.7. The topological polar surface area (TPSA) is 76.6 Å². The number of carbonyl (C=O) groups excluding carboxylic acids is 1. The van der Waals surface area contributed by atoms with Gasteiger partial charge in [-0.2, -0.15) is 4.52 Å². The zero-order valence-corrected chi connectivity index (χ0v) is 18.7. The van der Waals surface area contributed by atoms with Crippen molar-refractivity contribution in [1.82, 2.24) is 24.9 Å². The Labute approximate surface area is 175 Å². The van der Waals surface area contributed by atoms with Crippen LogP contribution in [0, 0.1) is 6.92 Å². The van der Waals surface area contributed by atoms with E-state index in [0.717, 1.165) is 54.2 Å². The minimum Gasteiger partial charge on any atom is -0.349 e. The van der Waals surface area contributed by atoms with Crippen molar-refractivity contribution in [3.63, 3.8) is 0 Å². The predicted molar refractivity (Wildman–Crippen MR) is 116 cm³/mol. The molecule has 0 bridgehead atoms. The maximum atomic E-state index is 12.7. The lowest BCUT2D eigenvalue weighted by Gasteiger charge is -2.18. The van der Waals surface area contributed by atoms with Crippen molar-refractivity contribution in [2.24, 2.45) is 0 Å². The second kappa shape index (κ2) is 8.36. The van der Waals surface area contributed by atoms with Crippen molar-refractivity contribution in [3.8, 4) is 0 Å². The Balaban J connectivity index is 1.60. The van der Waals surface area contributed by atoms with Crippen molar-refractivity contribution in [3.05, 3.63) is 22.1 Å². The summed E-state index contributed by atoms with van der Waals surface area (Å²) in [5.41, 5.74) is 2.15. The van der Waals surface area contributed by atoms with Crippen molar-refractivity contribution < 1.29 is 9.69 Å². The molecule has 2 N–H and O–H groups in total. The molecule has 3 heterocycles. The van der Waals surface area contributed by atoms with E-state index in [-0.39, 0.29) is 11.7 Å². The standard InChI is InChI=1S/C21H30N6OS/c1-5-26(6-2)12-8-11-22-20(28)18-24-19-17-16-13(3)9-7-10-15(16)29-21(17)23-14(4)27(19)25-18/h13H,5-12H2,1-4H3,(H,22,28)/p+1/t13-/m0/s1. The Kier molecular flexibility index (Phi) is 5.83. The van der Waals surface area contributed by atoms with Gasteiger partial charge in [-0.25, -0.2) is 9.97 Å². The van der Waals surface area contributed by atoms with Gasteiger partial charge in [0, 0.05) is 17.8 Å². The van der Waals surface area contributed by atoms with Crippen LogP contribution in [0.25, 0.3) is 15.9 Å². The monoisotopic (exact) mass is 415 g/mol. The van der Waals surface area contributed by atoms with Crippen LogP contribution in [0.15, 0.2) is 0 Å². The quantitative estimate of drug-likeness (QED) is 0.580. The molecule has 0 unspecified atom stereocenters. The summed E-state index contributed by atoms with van der Waals surface area (Å²) < 4.78 is 1.74. The molecule has 8 heteroatoms. The van der Waals surface area contributed by atoms with E-state index in [1.165, 1.54) is 23.3 Å². The second-order valence-corrected chi connectivity index (χ2v) is 9.14. The zero-order valence-electron chi connectivity index (χ0n) is 17.8. The number of amides is 1. The summed E-state index contributed by atoms with van der Waals surface area (Å²) in [7, 11) is 0. The highest BCUT2D eigenvalue weighted by Crippen LogP contribution is 2.42. The molecule has 1 amide bonds. The van der Waals surface area contributed by atoms with E-state index in [1.54, 1.807) is 20.8 Å². The van der Waals surface area contributed by atoms with Crippen LogP contribution in [0.1, 0.15) is 72.8 Å². The molecule has 3 aromatic heterocycles. The van der Waals surface area contributed by atoms with Crippen molar-refractivity contribution >= 4 is 33.1 Å². The molecule has 0 aromatic carbocycles. The van der Waals surface area contributed by atoms with E-state index < -0.39 is 0 Å². The van der Waals surface area contributed by atoms with Crippen LogP contribution in [-0.4, -0.2) is 51.7 Å². The average molecular weight is 416 g/mol. The van der Waals surface area contributed by atoms with Crippen LogP contribution in [0.2, 0.25) is 0 Å². The fourth-order valence-electron chi connectivity index (χ4n) is 4.41. The molecule has 1 atom stereocenters. The molecule has 7 nitrogen and oxygen atoms in total. The van der Waals surface area contributed by atoms with E-state index in [4.69, 9.17) is 4.98 Å². The maximum Gasteiger partial charge on any atom is 0.290 e. The minimum absolute atomic E-state index is 0.201. The number of rotatable bonds is 7. The Morgan fingerprint density at radius 1 is 1.31 bits per heavy atom. The first kappa shape index (κ1) is 20.2. The molecule has 4 rings (SSSR count). The molecule has 0 saturated heterocycles. The smallest absolute Gasteiger partial charge is 0.290 e. The van der Waals surface area contributed by atoms with Crippen LogP contribution >= 0.6 is 11.3 Å². The predicted octanol–water partition coefficient (Wildman–Crippen LogP) is 2.13. The van der Waals surface area contributed by atoms with Gasteiger partial charge in [0.2, 0.25) is 5.82 Å². The van der Waals surface area contributed by atoms with Gasteiger partial charge < -0.3 is 10.2 Å². The number of aryl methyl sites for hydroxylation is 2. The molecule has 3 aromatic rings. The van der Waals surface area contributed by atoms with Gasteiger partial charge >= 0.3 is 0 Å². The van der Waals surface area contributed by atoms with Crippen molar-refractivity contribution in [2.45, 2.75) is 59.3 Å². The number of nitrogens with zero attached hydrogens (tertiary/aromatic N) is 4. The van der Waals surface area contributed by atoms with Gasteiger partial charge in [0.05, 0.1) is 25.0 Å². The number of hydrogen-bond donors (Lipinski definition) is 2. The van der Waals surface area contributed by atoms with E-state index in [0.29, 0.717) is 12.5 Å². The number of hydrogen-bond acceptors (Lipinski definition) is 5. The summed E-state index contributed by atoms with van der Waals surface area (Å²) in [5.74, 6) is 1.31. The molecular weight excluding hydrogens is 384 g/mol. The summed E-state index contributed by atoms with van der Waals surface area (Å²) in [5, 5.41) is 8.58. The first-order chi connectivity index (χ1) is 14.0. The molecule has 0 saturated carbocycles. The number of nitrogens with one attached hydrogen (secondary N) is 2. The zero-order chi connectivity index (χ0) is 20.5. The highest BCUT2D eigenvalue weighted by Gasteiger charge is 2.26. The first-order valence-electron chi connectivity index (χ1n) is 10.8. The largest absolute Gasteiger partial charge is 0.349 e. The lowest BCUT2D eigenvalue weighted by Crippen LogP contribution is -3.11. The Bertz CT molecular complexity index is 1040. The summed E-state index contributed by atoms with van der Waals surface area (Å²) in [6.45, 7) is 12.5. The summed E-state index contributed by atoms with van der Waals surface area (Å²) in [6, 6.07) is 0. The number of fused-ring (bicyclic) bond motifs is 5. The van der Waals surface area contributed by atoms with Gasteiger partial charge in [0.15, 0.2) is 5.65 Å². The summed E-state index contributed by atoms with van der Waals surface area (Å²) in [6.07, 6.45) is 4.49. The number of quaternary nitrogens is 1. The van der Waals surface area contributed by atoms with E-state index in [2.05, 4.69) is 36.2 Å². The molecule has 0 spiro atoms. The molecular formula is C21H31N6OS+. The van der Waals surface area contributed by atoms with Gasteiger partial charge in [0.1, 0.15) is 10.7 Å². The van der Waals surface area contributed by atoms with Gasteiger partial charge in [-0.15, -0.1) is 16.4 Å². The first-order valence-corrected chi connectivity index (χ1v) is 11.7. The van der Waals surface area contributed by atoms with Gasteiger partial charge in [-0.3, -0.25) is 4.79 Å². The van der Waals surface area contributed by atoms with Gasteiger partial charge in [-0.1, -0.05) is 6.92 Å². The molecule has 0 aliphatic heterocycles. The van der Waals surface area contributed by atoms with Crippen molar-refractivity contribution in [2.75, 3.05) is 26.2 Å². The highest BCUT2D eigenvalue weighted by atomic mass is 32.1. The molecule has 1 aliphatic rings. The lowest BCUT2D eigenvalue weighted by molar-refractivity contribution is -0.896. The lowest BCUT2D eigenvalue weighted by atomic mass is 9.87. The molecule has 0 fully saturated rings. The third kappa shape index (κ3) is 3.75. The minimum atomic E-state index is -0.201. The van der Waals surface area contributed by atoms with Crippen molar-refractivity contribution in [1.29, 1.82) is 0 Å². The van der Waals surface area contributed by atoms with E-state index in [1.807, 2.05) is 6.92 Å². The van der Waals surface area contributed by atoms with Crippen LogP contribution in [-0.2, 0) is 6.42 Å². The molecule has 1 aliphatic carbocycles. The Morgan fingerprint density at radius 3 is 2.86 bits per heavy atom. The van der Waals surface area contributed by atoms with Crippen LogP contribution in [0.5, 0.6) is 0 Å². The Hall–Kier alpha value is -2.06. The summed E-state index contributed by atoms with van der Waals surface area (Å²) in [4.78, 5) is 26.1. The number of thiophene rings is 1. The average Bonchev–Trinajstić information content (AvgIpc) is 3.30. The summed E-state index contributed by atoms with van der Waals surface area (Å²) >= 11 is 1.78. The highest BCUT2D eigenvalue weighted by molar-refractivity contribution is 7.19. The van der Waals surface area contributed by atoms with E-state index >= 15 is 0 Å². The Morgan fingerprint density at radius 2 is 2.10 bits per heavy atom. The molecule has 29 heavy (non-hydrogen) atoms. The number of aromatic nitrogens is 4.